The Morgan fingerprint density at radius 2 is 2.06 bits per heavy atom. The van der Waals surface area contributed by atoms with Gasteiger partial charge in [-0.25, -0.2) is 0 Å². The number of carbonyl (C=O) groups is 3. The summed E-state index contributed by atoms with van der Waals surface area (Å²) in [5.41, 5.74) is 5.17. The van der Waals surface area contributed by atoms with Crippen LogP contribution >= 0.6 is 11.8 Å². The van der Waals surface area contributed by atoms with Crippen molar-refractivity contribution in [3.63, 3.8) is 0 Å². The van der Waals surface area contributed by atoms with Crippen LogP contribution in [0.15, 0.2) is 0 Å². The Labute approximate surface area is 97.2 Å². The summed E-state index contributed by atoms with van der Waals surface area (Å²) in [6, 6.07) is -0.516. The molecule has 0 aliphatic carbocycles. The standard InChI is InChI=1S/C9H14N2O4S/c10-9(15)6-2-1-3-11(6)7(12)4-16-5-8(13)14/h6H,1-5H2,(H2,10,15)(H,13,14). The van der Waals surface area contributed by atoms with E-state index in [-0.39, 0.29) is 17.4 Å². The van der Waals surface area contributed by atoms with Crippen LogP contribution < -0.4 is 5.73 Å². The maximum absolute atomic E-state index is 11.6. The molecule has 1 atom stereocenters. The lowest BCUT2D eigenvalue weighted by molar-refractivity contribution is -0.135. The van der Waals surface area contributed by atoms with Crippen LogP contribution in [0.25, 0.3) is 0 Å². The smallest absolute Gasteiger partial charge is 0.313 e. The van der Waals surface area contributed by atoms with Gasteiger partial charge in [-0.3, -0.25) is 14.4 Å². The molecule has 1 rings (SSSR count). The van der Waals surface area contributed by atoms with Crippen molar-refractivity contribution in [1.82, 2.24) is 4.90 Å². The molecule has 1 aliphatic heterocycles. The van der Waals surface area contributed by atoms with Gasteiger partial charge in [0.15, 0.2) is 0 Å². The van der Waals surface area contributed by atoms with Crippen LogP contribution in [-0.4, -0.2) is 51.9 Å². The van der Waals surface area contributed by atoms with Crippen LogP contribution in [0.2, 0.25) is 0 Å². The van der Waals surface area contributed by atoms with Crippen molar-refractivity contribution in [2.24, 2.45) is 5.73 Å². The predicted molar refractivity (Wildman–Crippen MR) is 58.9 cm³/mol. The van der Waals surface area contributed by atoms with Gasteiger partial charge in [0.2, 0.25) is 11.8 Å². The molecule has 16 heavy (non-hydrogen) atoms. The molecule has 0 aromatic rings. The molecule has 0 radical (unpaired) electrons. The molecular weight excluding hydrogens is 232 g/mol. The minimum absolute atomic E-state index is 0.0794. The SMILES string of the molecule is NC(=O)C1CCCN1C(=O)CSCC(=O)O. The number of hydrogen-bond donors (Lipinski definition) is 2. The minimum Gasteiger partial charge on any atom is -0.481 e. The summed E-state index contributed by atoms with van der Waals surface area (Å²) >= 11 is 1.03. The number of hydrogen-bond acceptors (Lipinski definition) is 4. The lowest BCUT2D eigenvalue weighted by Gasteiger charge is -2.21. The largest absolute Gasteiger partial charge is 0.481 e. The van der Waals surface area contributed by atoms with Gasteiger partial charge in [-0.15, -0.1) is 11.8 Å². The first-order valence-corrected chi connectivity index (χ1v) is 6.06. The minimum atomic E-state index is -0.953. The lowest BCUT2D eigenvalue weighted by Crippen LogP contribution is -2.44. The van der Waals surface area contributed by atoms with Gasteiger partial charge in [-0.2, -0.15) is 0 Å². The molecule has 0 spiro atoms. The summed E-state index contributed by atoms with van der Waals surface area (Å²) in [5.74, 6) is -1.69. The highest BCUT2D eigenvalue weighted by Gasteiger charge is 2.32. The summed E-state index contributed by atoms with van der Waals surface area (Å²) < 4.78 is 0. The third kappa shape index (κ3) is 3.41. The first-order chi connectivity index (χ1) is 7.52. The zero-order chi connectivity index (χ0) is 12.1. The number of aliphatic carboxylic acids is 1. The van der Waals surface area contributed by atoms with Crippen LogP contribution in [0, 0.1) is 0 Å². The molecule has 2 amide bonds. The molecule has 3 N–H and O–H groups in total. The van der Waals surface area contributed by atoms with Crippen molar-refractivity contribution < 1.29 is 19.5 Å². The van der Waals surface area contributed by atoms with Crippen LogP contribution in [0.4, 0.5) is 0 Å². The van der Waals surface area contributed by atoms with Gasteiger partial charge in [-0.1, -0.05) is 0 Å². The molecule has 1 unspecified atom stereocenters. The second-order valence-corrected chi connectivity index (χ2v) is 4.52. The fraction of sp³-hybridized carbons (Fsp3) is 0.667. The summed E-state index contributed by atoms with van der Waals surface area (Å²) in [7, 11) is 0. The van der Waals surface area contributed by atoms with Crippen molar-refractivity contribution >= 4 is 29.5 Å². The number of likely N-dealkylation sites (tertiary alicyclic amines) is 1. The van der Waals surface area contributed by atoms with Gasteiger partial charge < -0.3 is 15.7 Å². The normalized spacial score (nSPS) is 19.8. The number of carboxylic acid groups (broad SMARTS) is 1. The first-order valence-electron chi connectivity index (χ1n) is 4.90. The summed E-state index contributed by atoms with van der Waals surface area (Å²) in [4.78, 5) is 34.4. The van der Waals surface area contributed by atoms with E-state index in [2.05, 4.69) is 0 Å². The number of thioether (sulfide) groups is 1. The Morgan fingerprint density at radius 3 is 2.62 bits per heavy atom. The van der Waals surface area contributed by atoms with Crippen molar-refractivity contribution in [2.45, 2.75) is 18.9 Å². The van der Waals surface area contributed by atoms with Crippen LogP contribution in [0.5, 0.6) is 0 Å². The maximum atomic E-state index is 11.6. The van der Waals surface area contributed by atoms with E-state index in [4.69, 9.17) is 10.8 Å². The van der Waals surface area contributed by atoms with E-state index < -0.39 is 17.9 Å². The molecule has 0 aromatic heterocycles. The van der Waals surface area contributed by atoms with E-state index >= 15 is 0 Å². The average Bonchev–Trinajstić information content (AvgIpc) is 2.65. The number of carboxylic acids is 1. The average molecular weight is 246 g/mol. The molecule has 0 bridgehead atoms. The Kier molecular flexibility index (Phi) is 4.60. The lowest BCUT2D eigenvalue weighted by atomic mass is 10.2. The predicted octanol–water partition coefficient (Wildman–Crippen LogP) is -0.720. The first kappa shape index (κ1) is 12.8. The molecule has 6 nitrogen and oxygen atoms in total. The van der Waals surface area contributed by atoms with E-state index in [0.29, 0.717) is 13.0 Å². The van der Waals surface area contributed by atoms with Crippen LogP contribution in [-0.2, 0) is 14.4 Å². The molecular formula is C9H14N2O4S. The summed E-state index contributed by atoms with van der Waals surface area (Å²) in [6.45, 7) is 0.528. The Balaban J connectivity index is 2.41. The number of amides is 2. The van der Waals surface area contributed by atoms with Crippen molar-refractivity contribution in [3.05, 3.63) is 0 Å². The third-order valence-electron chi connectivity index (χ3n) is 2.35. The Morgan fingerprint density at radius 1 is 1.38 bits per heavy atom. The van der Waals surface area contributed by atoms with E-state index in [1.807, 2.05) is 0 Å². The molecule has 1 aliphatic rings. The van der Waals surface area contributed by atoms with E-state index in [1.165, 1.54) is 4.90 Å². The Bertz CT molecular complexity index is 308. The second kappa shape index (κ2) is 5.74. The number of nitrogens with two attached hydrogens (primary N) is 1. The molecule has 7 heteroatoms. The summed E-state index contributed by atoms with van der Waals surface area (Å²) in [5, 5.41) is 8.41. The number of carbonyl (C=O) groups excluding carboxylic acids is 2. The monoisotopic (exact) mass is 246 g/mol. The highest BCUT2D eigenvalue weighted by molar-refractivity contribution is 8.00. The van der Waals surface area contributed by atoms with Crippen molar-refractivity contribution in [2.75, 3.05) is 18.1 Å². The van der Waals surface area contributed by atoms with Gasteiger partial charge in [0.1, 0.15) is 6.04 Å². The van der Waals surface area contributed by atoms with Gasteiger partial charge in [0.25, 0.3) is 0 Å². The molecule has 0 aromatic carbocycles. The molecule has 1 saturated heterocycles. The summed E-state index contributed by atoms with van der Waals surface area (Å²) in [6.07, 6.45) is 1.37. The topological polar surface area (TPSA) is 101 Å². The number of rotatable bonds is 5. The molecule has 90 valence electrons. The second-order valence-electron chi connectivity index (χ2n) is 3.53. The van der Waals surface area contributed by atoms with Crippen LogP contribution in [0.3, 0.4) is 0 Å². The highest BCUT2D eigenvalue weighted by atomic mass is 32.2. The zero-order valence-electron chi connectivity index (χ0n) is 8.72. The van der Waals surface area contributed by atoms with E-state index in [1.54, 1.807) is 0 Å². The Hall–Kier alpha value is -1.24. The van der Waals surface area contributed by atoms with Crippen LogP contribution in [0.1, 0.15) is 12.8 Å². The van der Waals surface area contributed by atoms with Gasteiger partial charge in [-0.05, 0) is 12.8 Å². The van der Waals surface area contributed by atoms with Crippen molar-refractivity contribution in [3.8, 4) is 0 Å². The number of primary amides is 1. The fourth-order valence-corrected chi connectivity index (χ4v) is 2.29. The van der Waals surface area contributed by atoms with E-state index in [9.17, 15) is 14.4 Å². The highest BCUT2D eigenvalue weighted by Crippen LogP contribution is 2.18. The quantitative estimate of drug-likeness (QED) is 0.666. The molecule has 0 saturated carbocycles. The zero-order valence-corrected chi connectivity index (χ0v) is 9.53. The fourth-order valence-electron chi connectivity index (χ4n) is 1.67. The maximum Gasteiger partial charge on any atom is 0.313 e. The third-order valence-corrected chi connectivity index (χ3v) is 3.25. The molecule has 1 fully saturated rings. The van der Waals surface area contributed by atoms with Crippen molar-refractivity contribution in [1.29, 1.82) is 0 Å². The number of nitrogens with zero attached hydrogens (tertiary/aromatic N) is 1. The molecule has 1 heterocycles. The van der Waals surface area contributed by atoms with Gasteiger partial charge >= 0.3 is 5.97 Å². The van der Waals surface area contributed by atoms with Gasteiger partial charge in [0, 0.05) is 6.54 Å². The van der Waals surface area contributed by atoms with E-state index in [0.717, 1.165) is 18.2 Å². The van der Waals surface area contributed by atoms with Gasteiger partial charge in [0.05, 0.1) is 11.5 Å².